The van der Waals surface area contributed by atoms with Gasteiger partial charge in [-0.1, -0.05) is 29.3 Å². The summed E-state index contributed by atoms with van der Waals surface area (Å²) in [7, 11) is 0. The first kappa shape index (κ1) is 13.9. The molecule has 0 aliphatic heterocycles. The second kappa shape index (κ2) is 7.15. The van der Waals surface area contributed by atoms with Gasteiger partial charge in [0.25, 0.3) is 0 Å². The Labute approximate surface area is 122 Å². The van der Waals surface area contributed by atoms with Crippen molar-refractivity contribution in [3.63, 3.8) is 0 Å². The van der Waals surface area contributed by atoms with E-state index < -0.39 is 0 Å². The SMILES string of the molecule is Clc1ccc(CCNCCc2ccsc2)c(Cl)c1. The molecule has 0 radical (unpaired) electrons. The molecule has 0 saturated heterocycles. The number of thiophene rings is 1. The fourth-order valence-corrected chi connectivity index (χ4v) is 2.95. The highest BCUT2D eigenvalue weighted by atomic mass is 35.5. The predicted octanol–water partition coefficient (Wildman–Crippen LogP) is 4.43. The maximum absolute atomic E-state index is 6.11. The van der Waals surface area contributed by atoms with Crippen molar-refractivity contribution in [3.05, 3.63) is 56.2 Å². The molecule has 2 aromatic rings. The highest BCUT2D eigenvalue weighted by molar-refractivity contribution is 7.07. The number of rotatable bonds is 6. The topological polar surface area (TPSA) is 12.0 Å². The molecule has 4 heteroatoms. The van der Waals surface area contributed by atoms with Crippen LogP contribution in [0.1, 0.15) is 11.1 Å². The third kappa shape index (κ3) is 4.29. The molecule has 18 heavy (non-hydrogen) atoms. The zero-order chi connectivity index (χ0) is 12.8. The van der Waals surface area contributed by atoms with Crippen LogP contribution in [0.25, 0.3) is 0 Å². The molecular formula is C14H15Cl2NS. The quantitative estimate of drug-likeness (QED) is 0.778. The van der Waals surface area contributed by atoms with E-state index in [2.05, 4.69) is 22.1 Å². The Morgan fingerprint density at radius 1 is 1.06 bits per heavy atom. The third-order valence-corrected chi connectivity index (χ3v) is 4.08. The smallest absolute Gasteiger partial charge is 0.0453 e. The van der Waals surface area contributed by atoms with Gasteiger partial charge in [-0.15, -0.1) is 0 Å². The van der Waals surface area contributed by atoms with Crippen LogP contribution < -0.4 is 5.32 Å². The third-order valence-electron chi connectivity index (χ3n) is 2.76. The molecule has 1 heterocycles. The lowest BCUT2D eigenvalue weighted by atomic mass is 10.1. The molecule has 0 bridgehead atoms. The first-order valence-corrected chi connectivity index (χ1v) is 7.61. The van der Waals surface area contributed by atoms with Gasteiger partial charge in [0.1, 0.15) is 0 Å². The summed E-state index contributed by atoms with van der Waals surface area (Å²) in [6.45, 7) is 1.94. The maximum Gasteiger partial charge on any atom is 0.0453 e. The van der Waals surface area contributed by atoms with Gasteiger partial charge in [0.05, 0.1) is 0 Å². The summed E-state index contributed by atoms with van der Waals surface area (Å²) in [5.41, 5.74) is 2.54. The highest BCUT2D eigenvalue weighted by Crippen LogP contribution is 2.21. The zero-order valence-electron chi connectivity index (χ0n) is 9.96. The van der Waals surface area contributed by atoms with E-state index in [-0.39, 0.29) is 0 Å². The monoisotopic (exact) mass is 299 g/mol. The molecule has 0 amide bonds. The molecule has 1 N–H and O–H groups in total. The van der Waals surface area contributed by atoms with Crippen molar-refractivity contribution in [2.75, 3.05) is 13.1 Å². The average Bonchev–Trinajstić information content (AvgIpc) is 2.84. The molecule has 0 saturated carbocycles. The van der Waals surface area contributed by atoms with Gasteiger partial charge in [0.2, 0.25) is 0 Å². The van der Waals surface area contributed by atoms with E-state index in [0.717, 1.165) is 36.5 Å². The van der Waals surface area contributed by atoms with Crippen LogP contribution in [0.15, 0.2) is 35.0 Å². The molecule has 1 nitrogen and oxygen atoms in total. The number of nitrogens with one attached hydrogen (secondary N) is 1. The number of benzene rings is 1. The fourth-order valence-electron chi connectivity index (χ4n) is 1.74. The lowest BCUT2D eigenvalue weighted by Crippen LogP contribution is -2.20. The highest BCUT2D eigenvalue weighted by Gasteiger charge is 2.00. The Morgan fingerprint density at radius 3 is 2.61 bits per heavy atom. The Balaban J connectivity index is 1.69. The van der Waals surface area contributed by atoms with Gasteiger partial charge in [-0.05, 0) is 66.0 Å². The van der Waals surface area contributed by atoms with E-state index in [0.29, 0.717) is 5.02 Å². The van der Waals surface area contributed by atoms with Crippen LogP contribution in [0, 0.1) is 0 Å². The van der Waals surface area contributed by atoms with Gasteiger partial charge in [-0.3, -0.25) is 0 Å². The average molecular weight is 300 g/mol. The second-order valence-electron chi connectivity index (χ2n) is 4.12. The fraction of sp³-hybridized carbons (Fsp3) is 0.286. The van der Waals surface area contributed by atoms with Crippen LogP contribution in [-0.2, 0) is 12.8 Å². The Hall–Kier alpha value is -0.540. The summed E-state index contributed by atoms with van der Waals surface area (Å²) in [5, 5.41) is 9.17. The predicted molar refractivity (Wildman–Crippen MR) is 81.1 cm³/mol. The van der Waals surface area contributed by atoms with Crippen molar-refractivity contribution in [1.29, 1.82) is 0 Å². The van der Waals surface area contributed by atoms with E-state index in [1.165, 1.54) is 5.56 Å². The van der Waals surface area contributed by atoms with Crippen LogP contribution in [0.2, 0.25) is 10.0 Å². The van der Waals surface area contributed by atoms with Crippen LogP contribution >= 0.6 is 34.5 Å². The summed E-state index contributed by atoms with van der Waals surface area (Å²) in [6.07, 6.45) is 2.01. The molecule has 0 unspecified atom stereocenters. The number of hydrogen-bond donors (Lipinski definition) is 1. The van der Waals surface area contributed by atoms with Crippen molar-refractivity contribution < 1.29 is 0 Å². The van der Waals surface area contributed by atoms with E-state index in [1.54, 1.807) is 17.4 Å². The summed E-state index contributed by atoms with van der Waals surface area (Å²) in [4.78, 5) is 0. The van der Waals surface area contributed by atoms with Gasteiger partial charge >= 0.3 is 0 Å². The maximum atomic E-state index is 6.11. The summed E-state index contributed by atoms with van der Waals surface area (Å²) in [6, 6.07) is 7.84. The molecule has 0 fully saturated rings. The lowest BCUT2D eigenvalue weighted by molar-refractivity contribution is 0.682. The molecule has 0 aliphatic carbocycles. The van der Waals surface area contributed by atoms with Crippen LogP contribution in [-0.4, -0.2) is 13.1 Å². The largest absolute Gasteiger partial charge is 0.316 e. The molecule has 0 atom stereocenters. The minimum absolute atomic E-state index is 0.689. The minimum atomic E-state index is 0.689. The number of halogens is 2. The zero-order valence-corrected chi connectivity index (χ0v) is 12.3. The van der Waals surface area contributed by atoms with Crippen molar-refractivity contribution in [1.82, 2.24) is 5.32 Å². The first-order valence-electron chi connectivity index (χ1n) is 5.91. The Bertz CT molecular complexity index is 483. The van der Waals surface area contributed by atoms with E-state index in [1.807, 2.05) is 12.1 Å². The van der Waals surface area contributed by atoms with Crippen LogP contribution in [0.3, 0.4) is 0 Å². The van der Waals surface area contributed by atoms with Crippen LogP contribution in [0.4, 0.5) is 0 Å². The van der Waals surface area contributed by atoms with E-state index in [9.17, 15) is 0 Å². The van der Waals surface area contributed by atoms with Crippen molar-refractivity contribution in [2.45, 2.75) is 12.8 Å². The Kier molecular flexibility index (Phi) is 5.51. The first-order chi connectivity index (χ1) is 8.75. The van der Waals surface area contributed by atoms with Gasteiger partial charge in [-0.25, -0.2) is 0 Å². The molecule has 0 aliphatic rings. The molecule has 0 spiro atoms. The summed E-state index contributed by atoms with van der Waals surface area (Å²) >= 11 is 13.7. The second-order valence-corrected chi connectivity index (χ2v) is 5.74. The lowest BCUT2D eigenvalue weighted by Gasteiger charge is -2.06. The number of hydrogen-bond acceptors (Lipinski definition) is 2. The normalized spacial score (nSPS) is 10.8. The van der Waals surface area contributed by atoms with Crippen molar-refractivity contribution in [2.24, 2.45) is 0 Å². The summed E-state index contributed by atoms with van der Waals surface area (Å²) in [5.74, 6) is 0. The van der Waals surface area contributed by atoms with Crippen molar-refractivity contribution >= 4 is 34.5 Å². The van der Waals surface area contributed by atoms with Gasteiger partial charge < -0.3 is 5.32 Å². The molecule has 1 aromatic carbocycles. The van der Waals surface area contributed by atoms with Crippen LogP contribution in [0.5, 0.6) is 0 Å². The van der Waals surface area contributed by atoms with E-state index in [4.69, 9.17) is 23.2 Å². The standard InChI is InChI=1S/C14H15Cl2NS/c15-13-2-1-12(14(16)9-13)4-7-17-6-3-11-5-8-18-10-11/h1-2,5,8-10,17H,3-4,6-7H2. The van der Waals surface area contributed by atoms with Gasteiger partial charge in [0.15, 0.2) is 0 Å². The molecular weight excluding hydrogens is 285 g/mol. The van der Waals surface area contributed by atoms with Gasteiger partial charge in [0, 0.05) is 10.0 Å². The molecule has 2 rings (SSSR count). The molecule has 96 valence electrons. The summed E-state index contributed by atoms with van der Waals surface area (Å²) < 4.78 is 0. The minimum Gasteiger partial charge on any atom is -0.316 e. The van der Waals surface area contributed by atoms with Gasteiger partial charge in [-0.2, -0.15) is 11.3 Å². The van der Waals surface area contributed by atoms with E-state index >= 15 is 0 Å². The Morgan fingerprint density at radius 2 is 1.89 bits per heavy atom. The molecule has 1 aromatic heterocycles. The van der Waals surface area contributed by atoms with Crippen molar-refractivity contribution in [3.8, 4) is 0 Å².